The molecule has 0 bridgehead atoms. The summed E-state index contributed by atoms with van der Waals surface area (Å²) in [7, 11) is 0. The van der Waals surface area contributed by atoms with Crippen molar-refractivity contribution in [3.63, 3.8) is 0 Å². The van der Waals surface area contributed by atoms with Gasteiger partial charge in [-0.1, -0.05) is 50.2 Å². The molecule has 1 aromatic heterocycles. The van der Waals surface area contributed by atoms with Gasteiger partial charge in [0.15, 0.2) is 0 Å². The Labute approximate surface area is 165 Å². The molecule has 0 unspecified atom stereocenters. The van der Waals surface area contributed by atoms with E-state index in [4.69, 9.17) is 0 Å². The first kappa shape index (κ1) is 18.2. The van der Waals surface area contributed by atoms with Gasteiger partial charge in [0.05, 0.1) is 5.56 Å². The van der Waals surface area contributed by atoms with E-state index < -0.39 is 0 Å². The Hall–Kier alpha value is -3.21. The van der Waals surface area contributed by atoms with Gasteiger partial charge in [0.25, 0.3) is 5.91 Å². The average Bonchev–Trinajstić information content (AvgIpc) is 2.74. The van der Waals surface area contributed by atoms with Crippen LogP contribution in [0.25, 0.3) is 0 Å². The molecule has 1 aliphatic heterocycles. The van der Waals surface area contributed by atoms with Crippen LogP contribution in [0.3, 0.4) is 0 Å². The van der Waals surface area contributed by atoms with Gasteiger partial charge >= 0.3 is 0 Å². The number of benzene rings is 2. The number of carbonyl (C=O) groups excluding carboxylic acids is 1. The van der Waals surface area contributed by atoms with Crippen LogP contribution in [0.5, 0.6) is 0 Å². The summed E-state index contributed by atoms with van der Waals surface area (Å²) in [5, 5.41) is 2.90. The maximum Gasteiger partial charge on any atom is 0.258 e. The number of fused-ring (bicyclic) bond motifs is 1. The number of amides is 1. The number of anilines is 2. The molecule has 1 aliphatic rings. The first-order valence-corrected chi connectivity index (χ1v) is 9.65. The largest absolute Gasteiger partial charge is 0.336 e. The molecule has 3 aromatic rings. The summed E-state index contributed by atoms with van der Waals surface area (Å²) in [6.45, 7) is 5.97. The highest BCUT2D eigenvalue weighted by Crippen LogP contribution is 2.22. The number of aromatic nitrogens is 2. The van der Waals surface area contributed by atoms with Crippen LogP contribution in [0.15, 0.2) is 60.9 Å². The van der Waals surface area contributed by atoms with E-state index in [2.05, 4.69) is 58.3 Å². The number of carbonyl (C=O) groups is 1. The molecule has 1 amide bonds. The van der Waals surface area contributed by atoms with Crippen LogP contribution in [-0.2, 0) is 13.0 Å². The molecule has 0 spiro atoms. The minimum atomic E-state index is -0.201. The second-order valence-corrected chi connectivity index (χ2v) is 7.44. The topological polar surface area (TPSA) is 58.1 Å². The van der Waals surface area contributed by atoms with Crippen LogP contribution < -0.4 is 10.2 Å². The molecule has 4 rings (SSSR count). The molecule has 0 aliphatic carbocycles. The zero-order valence-electron chi connectivity index (χ0n) is 16.2. The van der Waals surface area contributed by atoms with E-state index in [1.54, 1.807) is 12.4 Å². The first-order valence-electron chi connectivity index (χ1n) is 9.65. The van der Waals surface area contributed by atoms with Crippen molar-refractivity contribution in [1.82, 2.24) is 9.97 Å². The number of rotatable bonds is 4. The normalized spacial score (nSPS) is 13.3. The molecular weight excluding hydrogens is 348 g/mol. The van der Waals surface area contributed by atoms with Crippen molar-refractivity contribution in [2.45, 2.75) is 32.7 Å². The molecule has 0 atom stereocenters. The lowest BCUT2D eigenvalue weighted by Gasteiger charge is -2.28. The fourth-order valence-corrected chi connectivity index (χ4v) is 3.42. The van der Waals surface area contributed by atoms with Gasteiger partial charge in [0, 0.05) is 31.2 Å². The summed E-state index contributed by atoms with van der Waals surface area (Å²) in [6, 6.07) is 16.4. The smallest absolute Gasteiger partial charge is 0.258 e. The molecule has 5 nitrogen and oxygen atoms in total. The fourth-order valence-electron chi connectivity index (χ4n) is 3.42. The van der Waals surface area contributed by atoms with Crippen LogP contribution >= 0.6 is 0 Å². The predicted octanol–water partition coefficient (Wildman–Crippen LogP) is 4.42. The molecular formula is C23H24N4O. The van der Waals surface area contributed by atoms with Gasteiger partial charge in [0.2, 0.25) is 5.95 Å². The second-order valence-electron chi connectivity index (χ2n) is 7.44. The van der Waals surface area contributed by atoms with Crippen molar-refractivity contribution in [2.24, 2.45) is 0 Å². The Kier molecular flexibility index (Phi) is 5.06. The van der Waals surface area contributed by atoms with Crippen molar-refractivity contribution >= 4 is 17.5 Å². The minimum Gasteiger partial charge on any atom is -0.336 e. The third-order valence-electron chi connectivity index (χ3n) is 5.15. The third-order valence-corrected chi connectivity index (χ3v) is 5.15. The molecule has 0 saturated heterocycles. The van der Waals surface area contributed by atoms with E-state index in [1.165, 1.54) is 16.7 Å². The standard InChI is InChI=1S/C23H24N4O/c1-16(2)17-7-9-21(10-8-17)26-22(28)20-13-24-23(25-14-20)27-12-11-18-5-3-4-6-19(18)15-27/h3-10,13-14,16H,11-12,15H2,1-2H3,(H,26,28). The van der Waals surface area contributed by atoms with Crippen LogP contribution in [0, 0.1) is 0 Å². The molecule has 0 fully saturated rings. The van der Waals surface area contributed by atoms with E-state index in [1.807, 2.05) is 24.3 Å². The zero-order valence-corrected chi connectivity index (χ0v) is 16.2. The maximum atomic E-state index is 12.5. The van der Waals surface area contributed by atoms with Gasteiger partial charge in [0.1, 0.15) is 0 Å². The minimum absolute atomic E-state index is 0.201. The number of nitrogens with zero attached hydrogens (tertiary/aromatic N) is 3. The summed E-state index contributed by atoms with van der Waals surface area (Å²) in [6.07, 6.45) is 4.18. The summed E-state index contributed by atoms with van der Waals surface area (Å²) < 4.78 is 0. The van der Waals surface area contributed by atoms with Gasteiger partial charge in [-0.2, -0.15) is 0 Å². The first-order chi connectivity index (χ1) is 13.6. The van der Waals surface area contributed by atoms with Gasteiger partial charge in [-0.15, -0.1) is 0 Å². The molecule has 28 heavy (non-hydrogen) atoms. The highest BCUT2D eigenvalue weighted by atomic mass is 16.1. The molecule has 2 heterocycles. The maximum absolute atomic E-state index is 12.5. The summed E-state index contributed by atoms with van der Waals surface area (Å²) in [5.41, 5.74) is 5.16. The van der Waals surface area contributed by atoms with Crippen LogP contribution in [0.4, 0.5) is 11.6 Å². The highest BCUT2D eigenvalue weighted by molar-refractivity contribution is 6.03. The van der Waals surface area contributed by atoms with Gasteiger partial charge in [-0.25, -0.2) is 9.97 Å². The monoisotopic (exact) mass is 372 g/mol. The Morgan fingerprint density at radius 2 is 1.68 bits per heavy atom. The Bertz CT molecular complexity index is 965. The molecule has 2 aromatic carbocycles. The summed E-state index contributed by atoms with van der Waals surface area (Å²) in [5.74, 6) is 0.924. The molecule has 0 radical (unpaired) electrons. The quantitative estimate of drug-likeness (QED) is 0.737. The van der Waals surface area contributed by atoms with Gasteiger partial charge in [-0.3, -0.25) is 4.79 Å². The van der Waals surface area contributed by atoms with E-state index in [0.717, 1.165) is 25.2 Å². The Balaban J connectivity index is 1.42. The number of hydrogen-bond acceptors (Lipinski definition) is 4. The lowest BCUT2D eigenvalue weighted by molar-refractivity contribution is 0.102. The highest BCUT2D eigenvalue weighted by Gasteiger charge is 2.18. The van der Waals surface area contributed by atoms with Crippen molar-refractivity contribution < 1.29 is 4.79 Å². The van der Waals surface area contributed by atoms with Crippen molar-refractivity contribution in [3.8, 4) is 0 Å². The lowest BCUT2D eigenvalue weighted by atomic mass is 10.0. The van der Waals surface area contributed by atoms with Gasteiger partial charge in [-0.05, 0) is 41.2 Å². The predicted molar refractivity (Wildman–Crippen MR) is 112 cm³/mol. The summed E-state index contributed by atoms with van der Waals surface area (Å²) in [4.78, 5) is 23.5. The van der Waals surface area contributed by atoms with Crippen LogP contribution in [0.1, 0.15) is 46.8 Å². The fraction of sp³-hybridized carbons (Fsp3) is 0.261. The molecule has 142 valence electrons. The summed E-state index contributed by atoms with van der Waals surface area (Å²) >= 11 is 0. The third kappa shape index (κ3) is 3.88. The number of hydrogen-bond donors (Lipinski definition) is 1. The second kappa shape index (κ2) is 7.80. The van der Waals surface area contributed by atoms with Crippen molar-refractivity contribution in [1.29, 1.82) is 0 Å². The van der Waals surface area contributed by atoms with Gasteiger partial charge < -0.3 is 10.2 Å². The zero-order chi connectivity index (χ0) is 19.5. The average molecular weight is 372 g/mol. The van der Waals surface area contributed by atoms with Crippen molar-refractivity contribution in [2.75, 3.05) is 16.8 Å². The number of nitrogens with one attached hydrogen (secondary N) is 1. The Morgan fingerprint density at radius 3 is 2.36 bits per heavy atom. The van der Waals surface area contributed by atoms with Crippen LogP contribution in [-0.4, -0.2) is 22.4 Å². The van der Waals surface area contributed by atoms with Crippen molar-refractivity contribution in [3.05, 3.63) is 83.2 Å². The van der Waals surface area contributed by atoms with E-state index in [9.17, 15) is 4.79 Å². The van der Waals surface area contributed by atoms with E-state index in [-0.39, 0.29) is 5.91 Å². The van der Waals surface area contributed by atoms with E-state index >= 15 is 0 Å². The van der Waals surface area contributed by atoms with E-state index in [0.29, 0.717) is 17.4 Å². The Morgan fingerprint density at radius 1 is 1.00 bits per heavy atom. The molecule has 1 N–H and O–H groups in total. The SMILES string of the molecule is CC(C)c1ccc(NC(=O)c2cnc(N3CCc4ccccc4C3)nc2)cc1. The molecule has 5 heteroatoms. The lowest BCUT2D eigenvalue weighted by Crippen LogP contribution is -2.31. The van der Waals surface area contributed by atoms with Crippen LogP contribution in [0.2, 0.25) is 0 Å². The molecule has 0 saturated carbocycles.